The van der Waals surface area contributed by atoms with Crippen LogP contribution in [0.4, 0.5) is 0 Å². The predicted molar refractivity (Wildman–Crippen MR) is 93.3 cm³/mol. The van der Waals surface area contributed by atoms with Gasteiger partial charge in [-0.25, -0.2) is 0 Å². The number of hydrogen-bond acceptors (Lipinski definition) is 3. The molecule has 3 saturated carbocycles. The van der Waals surface area contributed by atoms with E-state index >= 15 is 0 Å². The predicted octanol–water partition coefficient (Wildman–Crippen LogP) is 3.63. The van der Waals surface area contributed by atoms with Crippen molar-refractivity contribution in [1.82, 2.24) is 0 Å². The van der Waals surface area contributed by atoms with E-state index in [-0.39, 0.29) is 10.8 Å². The molecular weight excluding hydrogens is 300 g/mol. The number of aliphatic hydroxyl groups excluding tert-OH is 1. The zero-order valence-electron chi connectivity index (χ0n) is 15.3. The topological polar surface area (TPSA) is 57.5 Å². The number of carbonyl (C=O) groups is 1. The van der Waals surface area contributed by atoms with Crippen molar-refractivity contribution < 1.29 is 15.0 Å². The van der Waals surface area contributed by atoms with Crippen LogP contribution in [0.2, 0.25) is 0 Å². The number of aliphatic hydroxyl groups is 2. The van der Waals surface area contributed by atoms with Crippen molar-refractivity contribution in [2.24, 2.45) is 28.6 Å². The van der Waals surface area contributed by atoms with Gasteiger partial charge in [-0.1, -0.05) is 25.5 Å². The van der Waals surface area contributed by atoms with Gasteiger partial charge in [0.2, 0.25) is 0 Å². The summed E-state index contributed by atoms with van der Waals surface area (Å²) in [4.78, 5) is 11.9. The smallest absolute Gasteiger partial charge is 0.136 e. The Morgan fingerprint density at radius 3 is 2.58 bits per heavy atom. The molecule has 0 bridgehead atoms. The molecule has 0 radical (unpaired) electrons. The first-order valence-corrected chi connectivity index (χ1v) is 9.84. The summed E-state index contributed by atoms with van der Waals surface area (Å²) >= 11 is 0. The first kappa shape index (κ1) is 16.8. The van der Waals surface area contributed by atoms with Gasteiger partial charge in [0.25, 0.3) is 0 Å². The van der Waals surface area contributed by atoms with Crippen LogP contribution in [0.25, 0.3) is 0 Å². The van der Waals surface area contributed by atoms with E-state index in [0.29, 0.717) is 30.0 Å². The van der Waals surface area contributed by atoms with Gasteiger partial charge in [-0.15, -0.1) is 0 Å². The summed E-state index contributed by atoms with van der Waals surface area (Å²) in [6.45, 7) is 6.37. The zero-order valence-corrected chi connectivity index (χ0v) is 15.3. The van der Waals surface area contributed by atoms with Gasteiger partial charge in [0.1, 0.15) is 5.78 Å². The monoisotopic (exact) mass is 332 g/mol. The molecule has 3 fully saturated rings. The minimum Gasteiger partial charge on any atom is -0.390 e. The Balaban J connectivity index is 1.69. The number of allylic oxidation sites excluding steroid dienone is 2. The zero-order chi connectivity index (χ0) is 17.3. The van der Waals surface area contributed by atoms with Crippen LogP contribution in [0.15, 0.2) is 11.6 Å². The molecule has 4 aliphatic rings. The van der Waals surface area contributed by atoms with Crippen LogP contribution in [0.3, 0.4) is 0 Å². The maximum atomic E-state index is 11.9. The van der Waals surface area contributed by atoms with Crippen molar-refractivity contribution in [3.05, 3.63) is 11.6 Å². The Morgan fingerprint density at radius 1 is 1.17 bits per heavy atom. The van der Waals surface area contributed by atoms with Gasteiger partial charge < -0.3 is 10.2 Å². The lowest BCUT2D eigenvalue weighted by molar-refractivity contribution is -0.169. The molecule has 2 N–H and O–H groups in total. The van der Waals surface area contributed by atoms with Crippen molar-refractivity contribution in [2.75, 3.05) is 0 Å². The van der Waals surface area contributed by atoms with Crippen LogP contribution in [0.1, 0.15) is 72.1 Å². The SMILES string of the molecule is CC(O)[C@@]1(O)CC[C@H]2[C@@H]3CC=C4CC(=O)CC[C@]4(C)[C@H]3CC[C@@]21C. The van der Waals surface area contributed by atoms with Crippen molar-refractivity contribution in [3.63, 3.8) is 0 Å². The highest BCUT2D eigenvalue weighted by molar-refractivity contribution is 5.82. The maximum Gasteiger partial charge on any atom is 0.136 e. The highest BCUT2D eigenvalue weighted by atomic mass is 16.3. The second-order valence-corrected chi connectivity index (χ2v) is 9.57. The summed E-state index contributed by atoms with van der Waals surface area (Å²) in [5.74, 6) is 2.13. The molecule has 0 spiro atoms. The molecule has 0 aromatic heterocycles. The van der Waals surface area contributed by atoms with Gasteiger partial charge >= 0.3 is 0 Å². The first-order valence-electron chi connectivity index (χ1n) is 9.84. The van der Waals surface area contributed by atoms with Gasteiger partial charge in [-0.3, -0.25) is 4.79 Å². The highest BCUT2D eigenvalue weighted by Crippen LogP contribution is 2.67. The molecular formula is C21H32O3. The van der Waals surface area contributed by atoms with Crippen LogP contribution in [0, 0.1) is 28.6 Å². The van der Waals surface area contributed by atoms with Crippen molar-refractivity contribution >= 4 is 5.78 Å². The van der Waals surface area contributed by atoms with Gasteiger partial charge in [-0.05, 0) is 68.6 Å². The third-order valence-electron chi connectivity index (χ3n) is 8.84. The maximum absolute atomic E-state index is 11.9. The van der Waals surface area contributed by atoms with Crippen molar-refractivity contribution in [2.45, 2.75) is 83.8 Å². The van der Waals surface area contributed by atoms with E-state index in [0.717, 1.165) is 44.9 Å². The summed E-state index contributed by atoms with van der Waals surface area (Å²) in [5.41, 5.74) is 0.473. The van der Waals surface area contributed by atoms with E-state index in [9.17, 15) is 15.0 Å². The third kappa shape index (κ3) is 1.94. The van der Waals surface area contributed by atoms with Crippen LogP contribution < -0.4 is 0 Å². The third-order valence-corrected chi connectivity index (χ3v) is 8.84. The Hall–Kier alpha value is -0.670. The molecule has 4 aliphatic carbocycles. The number of hydrogen-bond donors (Lipinski definition) is 2. The second kappa shape index (κ2) is 5.17. The largest absolute Gasteiger partial charge is 0.390 e. The Labute approximate surface area is 145 Å². The summed E-state index contributed by atoms with van der Waals surface area (Å²) in [6.07, 6.45) is 9.02. The summed E-state index contributed by atoms with van der Waals surface area (Å²) in [5, 5.41) is 21.5. The van der Waals surface area contributed by atoms with Gasteiger partial charge in [0, 0.05) is 18.3 Å². The van der Waals surface area contributed by atoms with E-state index in [1.807, 2.05) is 0 Å². The lowest BCUT2D eigenvalue weighted by Crippen LogP contribution is -2.58. The fourth-order valence-corrected chi connectivity index (χ4v) is 7.21. The summed E-state index contributed by atoms with van der Waals surface area (Å²) < 4.78 is 0. The molecule has 0 heterocycles. The Morgan fingerprint density at radius 2 is 1.88 bits per heavy atom. The Bertz CT molecular complexity index is 594. The van der Waals surface area contributed by atoms with Crippen molar-refractivity contribution in [3.8, 4) is 0 Å². The van der Waals surface area contributed by atoms with Crippen LogP contribution in [-0.4, -0.2) is 27.7 Å². The highest BCUT2D eigenvalue weighted by Gasteiger charge is 2.64. The lowest BCUT2D eigenvalue weighted by Gasteiger charge is -2.58. The number of Topliss-reactive ketones (excluding diaryl/α,β-unsaturated/α-hetero) is 1. The van der Waals surface area contributed by atoms with Crippen LogP contribution in [0.5, 0.6) is 0 Å². The molecule has 3 nitrogen and oxygen atoms in total. The minimum absolute atomic E-state index is 0.172. The number of carbonyl (C=O) groups excluding carboxylic acids is 1. The van der Waals surface area contributed by atoms with Gasteiger partial charge in [-0.2, -0.15) is 0 Å². The molecule has 0 aromatic rings. The lowest BCUT2D eigenvalue weighted by atomic mass is 9.47. The van der Waals surface area contributed by atoms with Crippen LogP contribution >= 0.6 is 0 Å². The molecule has 1 unspecified atom stereocenters. The Kier molecular flexibility index (Phi) is 3.61. The van der Waals surface area contributed by atoms with E-state index < -0.39 is 11.7 Å². The minimum atomic E-state index is -0.934. The molecule has 0 aromatic carbocycles. The molecule has 7 atom stereocenters. The molecule has 134 valence electrons. The van der Waals surface area contributed by atoms with Crippen molar-refractivity contribution in [1.29, 1.82) is 0 Å². The number of ketones is 1. The van der Waals surface area contributed by atoms with Crippen LogP contribution in [-0.2, 0) is 4.79 Å². The average molecular weight is 332 g/mol. The summed E-state index contributed by atoms with van der Waals surface area (Å²) in [7, 11) is 0. The molecule has 0 saturated heterocycles. The molecule has 4 rings (SSSR count). The fraction of sp³-hybridized carbons (Fsp3) is 0.857. The van der Waals surface area contributed by atoms with E-state index in [2.05, 4.69) is 19.9 Å². The molecule has 0 aliphatic heterocycles. The molecule has 3 heteroatoms. The number of fused-ring (bicyclic) bond motifs is 5. The average Bonchev–Trinajstić information content (AvgIpc) is 2.81. The molecule has 24 heavy (non-hydrogen) atoms. The first-order chi connectivity index (χ1) is 11.2. The standard InChI is InChI=1S/C21H32O3/c1-13(22)21(24)11-8-18-16-5-4-14-12-15(23)6-9-19(14,2)17(16)7-10-20(18,21)3/h4,13,16-18,22,24H,5-12H2,1-3H3/t13?,16-,17+,18+,19+,20+,21+/m1/s1. The van der Waals surface area contributed by atoms with E-state index in [4.69, 9.17) is 0 Å². The van der Waals surface area contributed by atoms with Gasteiger partial charge in [0.05, 0.1) is 11.7 Å². The van der Waals surface area contributed by atoms with Gasteiger partial charge in [0.15, 0.2) is 0 Å². The quantitative estimate of drug-likeness (QED) is 0.721. The fourth-order valence-electron chi connectivity index (χ4n) is 7.21. The van der Waals surface area contributed by atoms with E-state index in [1.54, 1.807) is 6.92 Å². The normalized spacial score (nSPS) is 52.1. The molecule has 0 amide bonds. The second-order valence-electron chi connectivity index (χ2n) is 9.57. The summed E-state index contributed by atoms with van der Waals surface area (Å²) in [6, 6.07) is 0. The van der Waals surface area contributed by atoms with E-state index in [1.165, 1.54) is 5.57 Å². The number of rotatable bonds is 1.